The molecule has 0 saturated carbocycles. The lowest BCUT2D eigenvalue weighted by atomic mass is 10.1. The van der Waals surface area contributed by atoms with E-state index in [1.807, 2.05) is 39.0 Å². The molecular formula is C26H21ClN2O4. The quantitative estimate of drug-likeness (QED) is 0.319. The lowest BCUT2D eigenvalue weighted by molar-refractivity contribution is -0.120. The van der Waals surface area contributed by atoms with Crippen LogP contribution in [-0.2, 0) is 9.59 Å². The summed E-state index contributed by atoms with van der Waals surface area (Å²) in [7, 11) is 0. The fourth-order valence-electron chi connectivity index (χ4n) is 3.60. The summed E-state index contributed by atoms with van der Waals surface area (Å²) >= 11 is 6.21. The Morgan fingerprint density at radius 2 is 1.52 bits per heavy atom. The van der Waals surface area contributed by atoms with Gasteiger partial charge in [-0.05, 0) is 86.0 Å². The number of carbonyl (C=O) groups is 3. The molecule has 0 atom stereocenters. The second-order valence-electron chi connectivity index (χ2n) is 7.89. The third-order valence-corrected chi connectivity index (χ3v) is 5.43. The van der Waals surface area contributed by atoms with Gasteiger partial charge in [0.05, 0.1) is 11.3 Å². The van der Waals surface area contributed by atoms with E-state index in [9.17, 15) is 14.4 Å². The topological polar surface area (TPSA) is 75.7 Å². The molecule has 1 aliphatic heterocycles. The number of nitrogens with zero attached hydrogens (tertiary/aromatic N) is 1. The Balaban J connectivity index is 1.50. The van der Waals surface area contributed by atoms with Gasteiger partial charge in [-0.25, -0.2) is 9.69 Å². The maximum atomic E-state index is 13.0. The first-order valence-corrected chi connectivity index (χ1v) is 10.6. The molecule has 4 rings (SSSR count). The number of anilines is 2. The number of hydrogen-bond donors (Lipinski definition) is 1. The van der Waals surface area contributed by atoms with Gasteiger partial charge in [-0.1, -0.05) is 29.8 Å². The van der Waals surface area contributed by atoms with Gasteiger partial charge in [0, 0.05) is 5.69 Å². The first-order chi connectivity index (χ1) is 15.7. The van der Waals surface area contributed by atoms with Gasteiger partial charge in [-0.15, -0.1) is 0 Å². The van der Waals surface area contributed by atoms with Crippen LogP contribution in [0, 0.1) is 20.8 Å². The Hall–Kier alpha value is -3.90. The summed E-state index contributed by atoms with van der Waals surface area (Å²) in [6.07, 6.45) is 0. The number of carbonyl (C=O) groups excluding carboxylic acids is 3. The summed E-state index contributed by atoms with van der Waals surface area (Å²) in [6.45, 7) is 5.69. The second kappa shape index (κ2) is 8.92. The smallest absolute Gasteiger partial charge is 0.343 e. The van der Waals surface area contributed by atoms with Crippen LogP contribution in [0.15, 0.2) is 77.5 Å². The van der Waals surface area contributed by atoms with Crippen LogP contribution in [0.1, 0.15) is 27.0 Å². The molecule has 3 aromatic rings. The molecule has 1 N–H and O–H groups in total. The van der Waals surface area contributed by atoms with Crippen molar-refractivity contribution in [2.75, 3.05) is 10.2 Å². The van der Waals surface area contributed by atoms with E-state index < -0.39 is 17.8 Å². The molecule has 3 aromatic carbocycles. The van der Waals surface area contributed by atoms with Crippen LogP contribution in [0.25, 0.3) is 0 Å². The van der Waals surface area contributed by atoms with Crippen LogP contribution in [0.2, 0.25) is 0 Å². The maximum Gasteiger partial charge on any atom is 0.343 e. The first kappa shape index (κ1) is 22.3. The molecule has 2 amide bonds. The zero-order valence-corrected chi connectivity index (χ0v) is 19.1. The SMILES string of the molecule is Cc1cccc(OC(=O)c2ccc(NC3=C(Cl)C(=O)N(c4cc(C)cc(C)c4)C3=O)cc2)c1. The predicted molar refractivity (Wildman–Crippen MR) is 127 cm³/mol. The Morgan fingerprint density at radius 3 is 2.15 bits per heavy atom. The van der Waals surface area contributed by atoms with Crippen molar-refractivity contribution < 1.29 is 19.1 Å². The zero-order chi connectivity index (χ0) is 23.7. The number of nitrogens with one attached hydrogen (secondary N) is 1. The lowest BCUT2D eigenvalue weighted by Crippen LogP contribution is -2.32. The minimum Gasteiger partial charge on any atom is -0.423 e. The third kappa shape index (κ3) is 4.66. The lowest BCUT2D eigenvalue weighted by Gasteiger charge is -2.16. The maximum absolute atomic E-state index is 13.0. The highest BCUT2D eigenvalue weighted by atomic mass is 35.5. The summed E-state index contributed by atoms with van der Waals surface area (Å²) in [4.78, 5) is 39.1. The Bertz CT molecular complexity index is 1290. The molecule has 0 saturated heterocycles. The summed E-state index contributed by atoms with van der Waals surface area (Å²) in [5.41, 5.74) is 4.12. The van der Waals surface area contributed by atoms with E-state index in [1.165, 1.54) is 0 Å². The van der Waals surface area contributed by atoms with Crippen molar-refractivity contribution in [3.63, 3.8) is 0 Å². The van der Waals surface area contributed by atoms with Crippen molar-refractivity contribution in [2.24, 2.45) is 0 Å². The van der Waals surface area contributed by atoms with E-state index in [1.54, 1.807) is 48.5 Å². The van der Waals surface area contributed by atoms with Gasteiger partial charge < -0.3 is 10.1 Å². The monoisotopic (exact) mass is 460 g/mol. The highest BCUT2D eigenvalue weighted by Gasteiger charge is 2.39. The van der Waals surface area contributed by atoms with Crippen molar-refractivity contribution in [2.45, 2.75) is 20.8 Å². The van der Waals surface area contributed by atoms with E-state index in [0.717, 1.165) is 21.6 Å². The average Bonchev–Trinajstić information content (AvgIpc) is 2.96. The molecule has 6 nitrogen and oxygen atoms in total. The first-order valence-electron chi connectivity index (χ1n) is 10.3. The average molecular weight is 461 g/mol. The van der Waals surface area contributed by atoms with Crippen LogP contribution in [0.4, 0.5) is 11.4 Å². The van der Waals surface area contributed by atoms with Crippen LogP contribution in [0.5, 0.6) is 5.75 Å². The number of ether oxygens (including phenoxy) is 1. The van der Waals surface area contributed by atoms with Crippen molar-refractivity contribution in [1.29, 1.82) is 0 Å². The minimum absolute atomic E-state index is 0.0177. The molecule has 0 aliphatic carbocycles. The van der Waals surface area contributed by atoms with Crippen LogP contribution < -0.4 is 15.0 Å². The standard InChI is InChI=1S/C26H21ClN2O4/c1-15-5-4-6-21(14-15)33-26(32)18-7-9-19(10-8-18)28-23-22(27)24(30)29(25(23)31)20-12-16(2)11-17(3)13-20/h4-14,28H,1-3H3. The Kier molecular flexibility index (Phi) is 6.03. The van der Waals surface area contributed by atoms with Crippen LogP contribution in [-0.4, -0.2) is 17.8 Å². The minimum atomic E-state index is -0.590. The van der Waals surface area contributed by atoms with Crippen LogP contribution >= 0.6 is 11.6 Å². The van der Waals surface area contributed by atoms with Gasteiger partial charge >= 0.3 is 5.97 Å². The number of amides is 2. The van der Waals surface area contributed by atoms with Gasteiger partial charge in [0.1, 0.15) is 16.5 Å². The molecule has 166 valence electrons. The Labute approximate surface area is 196 Å². The Morgan fingerprint density at radius 1 is 0.848 bits per heavy atom. The number of esters is 1. The number of imide groups is 1. The van der Waals surface area contributed by atoms with Gasteiger partial charge in [0.25, 0.3) is 11.8 Å². The summed E-state index contributed by atoms with van der Waals surface area (Å²) in [5, 5.41) is 2.71. The largest absolute Gasteiger partial charge is 0.423 e. The molecule has 33 heavy (non-hydrogen) atoms. The molecule has 0 bridgehead atoms. The number of aryl methyl sites for hydroxylation is 3. The molecule has 0 aromatic heterocycles. The summed E-state index contributed by atoms with van der Waals surface area (Å²) in [5.74, 6) is -1.18. The predicted octanol–water partition coefficient (Wildman–Crippen LogP) is 5.27. The number of hydrogen-bond acceptors (Lipinski definition) is 5. The normalized spacial score (nSPS) is 13.5. The molecule has 0 spiro atoms. The zero-order valence-electron chi connectivity index (χ0n) is 18.3. The highest BCUT2D eigenvalue weighted by Crippen LogP contribution is 2.31. The molecule has 1 heterocycles. The van der Waals surface area contributed by atoms with Crippen molar-refractivity contribution >= 4 is 40.8 Å². The molecule has 0 fully saturated rings. The van der Waals surface area contributed by atoms with E-state index in [0.29, 0.717) is 22.7 Å². The highest BCUT2D eigenvalue weighted by molar-refractivity contribution is 6.53. The number of halogens is 1. The van der Waals surface area contributed by atoms with E-state index in [-0.39, 0.29) is 10.7 Å². The third-order valence-electron chi connectivity index (χ3n) is 5.08. The van der Waals surface area contributed by atoms with E-state index in [4.69, 9.17) is 16.3 Å². The van der Waals surface area contributed by atoms with E-state index >= 15 is 0 Å². The van der Waals surface area contributed by atoms with Gasteiger partial charge in [-0.2, -0.15) is 0 Å². The van der Waals surface area contributed by atoms with Gasteiger partial charge in [0.15, 0.2) is 0 Å². The van der Waals surface area contributed by atoms with Crippen LogP contribution in [0.3, 0.4) is 0 Å². The molecule has 7 heteroatoms. The second-order valence-corrected chi connectivity index (χ2v) is 8.27. The molecule has 1 aliphatic rings. The molecule has 0 unspecified atom stereocenters. The molecule has 0 radical (unpaired) electrons. The van der Waals surface area contributed by atoms with Crippen molar-refractivity contribution in [3.05, 3.63) is 99.7 Å². The van der Waals surface area contributed by atoms with Gasteiger partial charge in [0.2, 0.25) is 0 Å². The molecular weight excluding hydrogens is 440 g/mol. The fraction of sp³-hybridized carbons (Fsp3) is 0.115. The fourth-order valence-corrected chi connectivity index (χ4v) is 3.82. The van der Waals surface area contributed by atoms with E-state index in [2.05, 4.69) is 5.32 Å². The van der Waals surface area contributed by atoms with Crippen molar-refractivity contribution in [1.82, 2.24) is 0 Å². The number of rotatable bonds is 5. The summed E-state index contributed by atoms with van der Waals surface area (Å²) in [6, 6.07) is 19.0. The van der Waals surface area contributed by atoms with Crippen molar-refractivity contribution in [3.8, 4) is 5.75 Å². The summed E-state index contributed by atoms with van der Waals surface area (Å²) < 4.78 is 5.39. The number of benzene rings is 3. The van der Waals surface area contributed by atoms with Gasteiger partial charge in [-0.3, -0.25) is 9.59 Å².